The molecule has 44 heavy (non-hydrogen) atoms. The van der Waals surface area contributed by atoms with E-state index < -0.39 is 34.1 Å². The van der Waals surface area contributed by atoms with E-state index in [-0.39, 0.29) is 23.8 Å². The van der Waals surface area contributed by atoms with E-state index in [1.807, 2.05) is 101 Å². The molecule has 4 aromatic rings. The minimum Gasteiger partial charge on any atom is -0.350 e. The number of carbonyl (C=O) groups is 2. The van der Waals surface area contributed by atoms with E-state index in [0.717, 1.165) is 21.0 Å². The lowest BCUT2D eigenvalue weighted by atomic mass is 10.0. The molecule has 0 saturated carbocycles. The topological polar surface area (TPSA) is 86.8 Å². The summed E-state index contributed by atoms with van der Waals surface area (Å²) in [4.78, 5) is 30.1. The molecule has 7 nitrogen and oxygen atoms in total. The van der Waals surface area contributed by atoms with Crippen LogP contribution in [-0.2, 0) is 32.6 Å². The standard InChI is InChI=1S/C36H41N3O4S/c1-27-15-14-19-30(23-27)25-38(33(35(41)37-36(3,4)5)24-29-17-8-6-9-18-29)34(40)26-39(32-22-13-12-16-28(32)2)44(42,43)31-20-10-7-11-21-31/h6-23,33H,24-26H2,1-5H3,(H,37,41). The van der Waals surface area contributed by atoms with Gasteiger partial charge in [0.15, 0.2) is 0 Å². The first kappa shape index (κ1) is 32.5. The van der Waals surface area contributed by atoms with Crippen LogP contribution in [0.2, 0.25) is 0 Å². The Morgan fingerprint density at radius 2 is 1.36 bits per heavy atom. The summed E-state index contributed by atoms with van der Waals surface area (Å²) in [6, 6.07) is 31.6. The van der Waals surface area contributed by atoms with Gasteiger partial charge in [0, 0.05) is 18.5 Å². The van der Waals surface area contributed by atoms with Gasteiger partial charge in [0.25, 0.3) is 10.0 Å². The highest BCUT2D eigenvalue weighted by molar-refractivity contribution is 7.92. The predicted molar refractivity (Wildman–Crippen MR) is 176 cm³/mol. The van der Waals surface area contributed by atoms with Gasteiger partial charge in [-0.3, -0.25) is 13.9 Å². The lowest BCUT2D eigenvalue weighted by Crippen LogP contribution is -2.56. The monoisotopic (exact) mass is 611 g/mol. The molecule has 0 aromatic heterocycles. The summed E-state index contributed by atoms with van der Waals surface area (Å²) in [7, 11) is -4.13. The van der Waals surface area contributed by atoms with Crippen LogP contribution in [0, 0.1) is 13.8 Å². The first-order valence-corrected chi connectivity index (χ1v) is 16.1. The molecule has 1 N–H and O–H groups in total. The Morgan fingerprint density at radius 1 is 0.773 bits per heavy atom. The van der Waals surface area contributed by atoms with Crippen molar-refractivity contribution in [3.05, 3.63) is 131 Å². The molecule has 0 saturated heterocycles. The third kappa shape index (κ3) is 8.35. The Bertz CT molecular complexity index is 1680. The third-order valence-electron chi connectivity index (χ3n) is 7.20. The minimum atomic E-state index is -4.13. The van der Waals surface area contributed by atoms with Crippen LogP contribution in [0.15, 0.2) is 114 Å². The second-order valence-electron chi connectivity index (χ2n) is 12.1. The van der Waals surface area contributed by atoms with Crippen molar-refractivity contribution in [3.8, 4) is 0 Å². The van der Waals surface area contributed by atoms with Crippen LogP contribution in [0.25, 0.3) is 0 Å². The van der Waals surface area contributed by atoms with Crippen molar-refractivity contribution in [1.29, 1.82) is 0 Å². The van der Waals surface area contributed by atoms with Crippen LogP contribution in [0.3, 0.4) is 0 Å². The number of carbonyl (C=O) groups excluding carboxylic acids is 2. The van der Waals surface area contributed by atoms with Gasteiger partial charge in [0.1, 0.15) is 12.6 Å². The normalized spacial score (nSPS) is 12.3. The number of nitrogens with zero attached hydrogens (tertiary/aromatic N) is 2. The van der Waals surface area contributed by atoms with Crippen molar-refractivity contribution >= 4 is 27.5 Å². The van der Waals surface area contributed by atoms with E-state index in [4.69, 9.17) is 0 Å². The SMILES string of the molecule is Cc1cccc(CN(C(=O)CN(c2ccccc2C)S(=O)(=O)c2ccccc2)C(Cc2ccccc2)C(=O)NC(C)(C)C)c1. The molecule has 0 aliphatic rings. The van der Waals surface area contributed by atoms with Crippen LogP contribution < -0.4 is 9.62 Å². The number of para-hydroxylation sites is 1. The average molecular weight is 612 g/mol. The molecule has 2 amide bonds. The number of aryl methyl sites for hydroxylation is 2. The Kier molecular flexibility index (Phi) is 10.3. The van der Waals surface area contributed by atoms with Gasteiger partial charge in [-0.2, -0.15) is 0 Å². The van der Waals surface area contributed by atoms with Gasteiger partial charge in [0.05, 0.1) is 10.6 Å². The number of rotatable bonds is 11. The van der Waals surface area contributed by atoms with Crippen LogP contribution in [0.1, 0.15) is 43.0 Å². The largest absolute Gasteiger partial charge is 0.350 e. The Morgan fingerprint density at radius 3 is 1.98 bits per heavy atom. The maximum absolute atomic E-state index is 14.5. The van der Waals surface area contributed by atoms with Gasteiger partial charge in [0.2, 0.25) is 11.8 Å². The summed E-state index contributed by atoms with van der Waals surface area (Å²) in [6.07, 6.45) is 0.260. The number of hydrogen-bond acceptors (Lipinski definition) is 4. The Labute approximate surface area is 261 Å². The fraction of sp³-hybridized carbons (Fsp3) is 0.278. The molecule has 1 atom stereocenters. The zero-order chi connectivity index (χ0) is 31.9. The van der Waals surface area contributed by atoms with Crippen molar-refractivity contribution in [1.82, 2.24) is 10.2 Å². The van der Waals surface area contributed by atoms with Gasteiger partial charge in [-0.05, 0) is 69.5 Å². The molecule has 4 rings (SSSR count). The highest BCUT2D eigenvalue weighted by Crippen LogP contribution is 2.27. The Balaban J connectivity index is 1.82. The van der Waals surface area contributed by atoms with Gasteiger partial charge >= 0.3 is 0 Å². The van der Waals surface area contributed by atoms with E-state index in [2.05, 4.69) is 5.32 Å². The van der Waals surface area contributed by atoms with Crippen molar-refractivity contribution in [2.75, 3.05) is 10.8 Å². The maximum Gasteiger partial charge on any atom is 0.264 e. The fourth-order valence-electron chi connectivity index (χ4n) is 5.09. The number of amides is 2. The second kappa shape index (κ2) is 13.9. The number of sulfonamides is 1. The quantitative estimate of drug-likeness (QED) is 0.224. The molecular formula is C36H41N3O4S. The molecule has 0 aliphatic heterocycles. The van der Waals surface area contributed by atoms with E-state index in [1.165, 1.54) is 17.0 Å². The Hall–Kier alpha value is -4.43. The van der Waals surface area contributed by atoms with E-state index in [0.29, 0.717) is 11.3 Å². The molecule has 0 fully saturated rings. The van der Waals surface area contributed by atoms with Gasteiger partial charge in [-0.1, -0.05) is 96.6 Å². The molecule has 4 aromatic carbocycles. The average Bonchev–Trinajstić information content (AvgIpc) is 2.98. The molecule has 1 unspecified atom stereocenters. The number of nitrogens with one attached hydrogen (secondary N) is 1. The lowest BCUT2D eigenvalue weighted by Gasteiger charge is -2.35. The lowest BCUT2D eigenvalue weighted by molar-refractivity contribution is -0.140. The van der Waals surface area contributed by atoms with Crippen LogP contribution in [0.4, 0.5) is 5.69 Å². The summed E-state index contributed by atoms with van der Waals surface area (Å²) >= 11 is 0. The van der Waals surface area contributed by atoms with Gasteiger partial charge in [-0.15, -0.1) is 0 Å². The van der Waals surface area contributed by atoms with Crippen molar-refractivity contribution in [2.24, 2.45) is 0 Å². The molecular weight excluding hydrogens is 570 g/mol. The summed E-state index contributed by atoms with van der Waals surface area (Å²) in [5, 5.41) is 3.06. The fourth-order valence-corrected chi connectivity index (χ4v) is 6.59. The summed E-state index contributed by atoms with van der Waals surface area (Å²) < 4.78 is 29.4. The predicted octanol–water partition coefficient (Wildman–Crippen LogP) is 6.05. The van der Waals surface area contributed by atoms with Crippen molar-refractivity contribution in [2.45, 2.75) is 64.1 Å². The first-order chi connectivity index (χ1) is 20.8. The summed E-state index contributed by atoms with van der Waals surface area (Å²) in [6.45, 7) is 9.10. The van der Waals surface area contributed by atoms with E-state index in [9.17, 15) is 18.0 Å². The summed E-state index contributed by atoms with van der Waals surface area (Å²) in [5.74, 6) is -0.796. The molecule has 0 spiro atoms. The van der Waals surface area contributed by atoms with Crippen molar-refractivity contribution in [3.63, 3.8) is 0 Å². The van der Waals surface area contributed by atoms with Crippen LogP contribution in [-0.4, -0.2) is 43.3 Å². The van der Waals surface area contributed by atoms with E-state index >= 15 is 0 Å². The molecule has 230 valence electrons. The number of anilines is 1. The summed E-state index contributed by atoms with van der Waals surface area (Å²) in [5.41, 5.74) is 3.30. The molecule has 8 heteroatoms. The first-order valence-electron chi connectivity index (χ1n) is 14.7. The maximum atomic E-state index is 14.5. The third-order valence-corrected chi connectivity index (χ3v) is 8.97. The van der Waals surface area contributed by atoms with Crippen LogP contribution >= 0.6 is 0 Å². The highest BCUT2D eigenvalue weighted by atomic mass is 32.2. The molecule has 0 aliphatic carbocycles. The zero-order valence-corrected chi connectivity index (χ0v) is 26.8. The molecule has 0 radical (unpaired) electrons. The van der Waals surface area contributed by atoms with Gasteiger partial charge in [-0.25, -0.2) is 8.42 Å². The zero-order valence-electron chi connectivity index (χ0n) is 26.0. The minimum absolute atomic E-state index is 0.0765. The second-order valence-corrected chi connectivity index (χ2v) is 13.9. The molecule has 0 heterocycles. The number of hydrogen-bond donors (Lipinski definition) is 1. The van der Waals surface area contributed by atoms with Crippen LogP contribution in [0.5, 0.6) is 0 Å². The van der Waals surface area contributed by atoms with Crippen molar-refractivity contribution < 1.29 is 18.0 Å². The van der Waals surface area contributed by atoms with Gasteiger partial charge < -0.3 is 10.2 Å². The van der Waals surface area contributed by atoms with E-state index in [1.54, 1.807) is 30.3 Å². The smallest absolute Gasteiger partial charge is 0.264 e. The molecule has 0 bridgehead atoms. The number of benzene rings is 4. The highest BCUT2D eigenvalue weighted by Gasteiger charge is 2.35.